The van der Waals surface area contributed by atoms with E-state index in [1.807, 2.05) is 61.5 Å². The van der Waals surface area contributed by atoms with Crippen LogP contribution in [0.4, 0.5) is 0 Å². The summed E-state index contributed by atoms with van der Waals surface area (Å²) in [5, 5.41) is 4.39. The van der Waals surface area contributed by atoms with Crippen LogP contribution in [-0.2, 0) is 14.8 Å². The number of halogens is 1. The minimum Gasteiger partial charge on any atom is -0.349 e. The fourth-order valence-corrected chi connectivity index (χ4v) is 5.08. The molecular weight excluding hydrogens is 464 g/mol. The summed E-state index contributed by atoms with van der Waals surface area (Å²) in [7, 11) is -3.49. The van der Waals surface area contributed by atoms with E-state index in [-0.39, 0.29) is 17.9 Å². The van der Waals surface area contributed by atoms with Gasteiger partial charge in [-0.25, -0.2) is 8.42 Å². The Labute approximate surface area is 187 Å². The van der Waals surface area contributed by atoms with Crippen molar-refractivity contribution in [2.45, 2.75) is 32.2 Å². The summed E-state index contributed by atoms with van der Waals surface area (Å²) >= 11 is 3.43. The van der Waals surface area contributed by atoms with Gasteiger partial charge in [-0.1, -0.05) is 65.3 Å². The van der Waals surface area contributed by atoms with Crippen LogP contribution in [0.5, 0.6) is 0 Å². The molecule has 1 unspecified atom stereocenters. The van der Waals surface area contributed by atoms with Crippen LogP contribution >= 0.6 is 15.9 Å². The van der Waals surface area contributed by atoms with Crippen LogP contribution in [0.3, 0.4) is 0 Å². The van der Waals surface area contributed by atoms with Gasteiger partial charge in [0.25, 0.3) is 0 Å². The van der Waals surface area contributed by atoms with E-state index in [1.54, 1.807) is 6.08 Å². The first kappa shape index (κ1) is 22.7. The minimum absolute atomic E-state index is 0.00152. The molecule has 0 aliphatic carbocycles. The molecule has 7 heteroatoms. The maximum absolute atomic E-state index is 12.8. The van der Waals surface area contributed by atoms with E-state index in [4.69, 9.17) is 0 Å². The third-order valence-electron chi connectivity index (χ3n) is 5.41. The second kappa shape index (κ2) is 10.4. The molecule has 160 valence electrons. The average molecular weight is 491 g/mol. The van der Waals surface area contributed by atoms with Gasteiger partial charge in [-0.3, -0.25) is 4.79 Å². The first-order valence-electron chi connectivity index (χ1n) is 10.2. The van der Waals surface area contributed by atoms with Crippen LogP contribution < -0.4 is 5.32 Å². The van der Waals surface area contributed by atoms with Gasteiger partial charge in [0.05, 0.1) is 6.04 Å². The Balaban J connectivity index is 1.55. The number of rotatable bonds is 7. The number of benzene rings is 2. The summed E-state index contributed by atoms with van der Waals surface area (Å²) in [6, 6.07) is 17.3. The number of piperidine rings is 1. The Morgan fingerprint density at radius 2 is 1.77 bits per heavy atom. The predicted octanol–water partition coefficient (Wildman–Crippen LogP) is 4.73. The molecule has 1 aliphatic heterocycles. The fourth-order valence-electron chi connectivity index (χ4n) is 3.59. The number of carbonyl (C=O) groups excluding carboxylic acids is 1. The lowest BCUT2D eigenvalue weighted by Gasteiger charge is -2.30. The normalized spacial score (nSPS) is 17.1. The van der Waals surface area contributed by atoms with E-state index in [2.05, 4.69) is 21.2 Å². The number of nitrogens with zero attached hydrogens (tertiary/aromatic N) is 1. The van der Waals surface area contributed by atoms with E-state index in [0.29, 0.717) is 25.9 Å². The smallest absolute Gasteiger partial charge is 0.236 e. The van der Waals surface area contributed by atoms with Gasteiger partial charge < -0.3 is 5.32 Å². The fraction of sp³-hybridized carbons (Fsp3) is 0.348. The number of nitrogens with one attached hydrogen (secondary N) is 1. The second-order valence-electron chi connectivity index (χ2n) is 7.45. The number of hydrogen-bond acceptors (Lipinski definition) is 3. The van der Waals surface area contributed by atoms with Crippen LogP contribution in [-0.4, -0.2) is 31.7 Å². The molecule has 2 aromatic carbocycles. The average Bonchev–Trinajstić information content (AvgIpc) is 2.77. The van der Waals surface area contributed by atoms with Gasteiger partial charge in [0.1, 0.15) is 0 Å². The molecule has 30 heavy (non-hydrogen) atoms. The van der Waals surface area contributed by atoms with E-state index in [0.717, 1.165) is 22.0 Å². The third kappa shape index (κ3) is 6.03. The summed E-state index contributed by atoms with van der Waals surface area (Å²) in [6.45, 7) is 2.75. The Bertz CT molecular complexity index is 967. The summed E-state index contributed by atoms with van der Waals surface area (Å²) in [5.41, 5.74) is 1.91. The second-order valence-corrected chi connectivity index (χ2v) is 10.2. The van der Waals surface area contributed by atoms with Crippen LogP contribution in [0, 0.1) is 5.92 Å². The monoisotopic (exact) mass is 490 g/mol. The lowest BCUT2D eigenvalue weighted by molar-refractivity contribution is -0.126. The Hall–Kier alpha value is -1.96. The highest BCUT2D eigenvalue weighted by molar-refractivity contribution is 9.10. The van der Waals surface area contributed by atoms with Gasteiger partial charge in [0, 0.05) is 28.9 Å². The summed E-state index contributed by atoms with van der Waals surface area (Å²) in [5.74, 6) is -0.166. The third-order valence-corrected chi connectivity index (χ3v) is 7.51. The molecule has 0 aromatic heterocycles. The van der Waals surface area contributed by atoms with Gasteiger partial charge >= 0.3 is 0 Å². The van der Waals surface area contributed by atoms with Crippen molar-refractivity contribution in [3.05, 3.63) is 75.6 Å². The zero-order valence-corrected chi connectivity index (χ0v) is 19.4. The maximum atomic E-state index is 12.8. The molecule has 0 bridgehead atoms. The largest absolute Gasteiger partial charge is 0.349 e. The van der Waals surface area contributed by atoms with Crippen molar-refractivity contribution in [2.24, 2.45) is 5.92 Å². The molecule has 0 saturated carbocycles. The molecule has 2 aromatic rings. The minimum atomic E-state index is -3.49. The van der Waals surface area contributed by atoms with Gasteiger partial charge in [-0.15, -0.1) is 0 Å². The summed E-state index contributed by atoms with van der Waals surface area (Å²) in [6.07, 6.45) is 3.46. The highest BCUT2D eigenvalue weighted by Crippen LogP contribution is 2.24. The van der Waals surface area contributed by atoms with Crippen molar-refractivity contribution in [2.75, 3.05) is 13.1 Å². The molecule has 1 saturated heterocycles. The van der Waals surface area contributed by atoms with Gasteiger partial charge in [-0.05, 0) is 48.6 Å². The zero-order chi connectivity index (χ0) is 21.6. The van der Waals surface area contributed by atoms with Gasteiger partial charge in [-0.2, -0.15) is 4.31 Å². The maximum Gasteiger partial charge on any atom is 0.236 e. The first-order chi connectivity index (χ1) is 14.4. The Morgan fingerprint density at radius 1 is 1.13 bits per heavy atom. The van der Waals surface area contributed by atoms with E-state index in [1.165, 1.54) is 9.71 Å². The molecule has 1 N–H and O–H groups in total. The summed E-state index contributed by atoms with van der Waals surface area (Å²) in [4.78, 5) is 12.8. The van der Waals surface area contributed by atoms with Crippen molar-refractivity contribution < 1.29 is 13.2 Å². The number of hydrogen-bond donors (Lipinski definition) is 1. The Morgan fingerprint density at radius 3 is 2.37 bits per heavy atom. The SMILES string of the molecule is CCC(NC(=O)C1CCN(S(=O)(=O)/C=C/c2ccccc2)CC1)c1ccc(Br)cc1. The van der Waals surface area contributed by atoms with Crippen LogP contribution in [0.25, 0.3) is 6.08 Å². The van der Waals surface area contributed by atoms with Crippen molar-refractivity contribution in [3.63, 3.8) is 0 Å². The Kier molecular flexibility index (Phi) is 7.86. The van der Waals surface area contributed by atoms with Gasteiger partial charge in [0.2, 0.25) is 15.9 Å². The molecule has 0 radical (unpaired) electrons. The topological polar surface area (TPSA) is 66.5 Å². The van der Waals surface area contributed by atoms with Crippen LogP contribution in [0.2, 0.25) is 0 Å². The quantitative estimate of drug-likeness (QED) is 0.609. The molecule has 3 rings (SSSR count). The summed E-state index contributed by atoms with van der Waals surface area (Å²) < 4.78 is 27.7. The molecule has 1 aliphatic rings. The van der Waals surface area contributed by atoms with E-state index >= 15 is 0 Å². The van der Waals surface area contributed by atoms with E-state index in [9.17, 15) is 13.2 Å². The number of carbonyl (C=O) groups is 1. The van der Waals surface area contributed by atoms with Crippen LogP contribution in [0.15, 0.2) is 64.5 Å². The molecule has 1 atom stereocenters. The van der Waals surface area contributed by atoms with Crippen molar-refractivity contribution in [1.82, 2.24) is 9.62 Å². The standard InChI is InChI=1S/C23H27BrN2O3S/c1-2-22(19-8-10-21(24)11-9-19)25-23(27)20-12-15-26(16-13-20)30(28,29)17-14-18-6-4-3-5-7-18/h3-11,14,17,20,22H,2,12-13,15-16H2,1H3,(H,25,27)/b17-14+. The lowest BCUT2D eigenvalue weighted by atomic mass is 9.96. The molecular formula is C23H27BrN2O3S. The van der Waals surface area contributed by atoms with Gasteiger partial charge in [0.15, 0.2) is 0 Å². The molecule has 1 heterocycles. The molecule has 1 fully saturated rings. The van der Waals surface area contributed by atoms with Crippen molar-refractivity contribution in [3.8, 4) is 0 Å². The van der Waals surface area contributed by atoms with Crippen molar-refractivity contribution >= 4 is 37.9 Å². The van der Waals surface area contributed by atoms with Crippen LogP contribution in [0.1, 0.15) is 43.4 Å². The van der Waals surface area contributed by atoms with Crippen molar-refractivity contribution in [1.29, 1.82) is 0 Å². The molecule has 0 spiro atoms. The highest BCUT2D eigenvalue weighted by atomic mass is 79.9. The number of sulfonamides is 1. The lowest BCUT2D eigenvalue weighted by Crippen LogP contribution is -2.43. The molecule has 1 amide bonds. The number of amides is 1. The first-order valence-corrected chi connectivity index (χ1v) is 12.5. The highest BCUT2D eigenvalue weighted by Gasteiger charge is 2.30. The van der Waals surface area contributed by atoms with E-state index < -0.39 is 10.0 Å². The predicted molar refractivity (Wildman–Crippen MR) is 124 cm³/mol. The molecule has 5 nitrogen and oxygen atoms in total. The zero-order valence-electron chi connectivity index (χ0n) is 17.0.